The molecule has 0 fully saturated rings. The molecule has 1 aromatic carbocycles. The van der Waals surface area contributed by atoms with Crippen LogP contribution >= 0.6 is 11.8 Å². The molecule has 24 heavy (non-hydrogen) atoms. The van der Waals surface area contributed by atoms with Gasteiger partial charge in [-0.1, -0.05) is 0 Å². The number of benzene rings is 1. The summed E-state index contributed by atoms with van der Waals surface area (Å²) < 4.78 is 10.4. The van der Waals surface area contributed by atoms with Crippen molar-refractivity contribution in [2.45, 2.75) is 25.3 Å². The normalized spacial score (nSPS) is 20.5. The monoisotopic (exact) mass is 346 g/mol. The fourth-order valence-corrected chi connectivity index (χ4v) is 3.75. The van der Waals surface area contributed by atoms with E-state index >= 15 is 0 Å². The fourth-order valence-electron chi connectivity index (χ4n) is 2.53. The van der Waals surface area contributed by atoms with Crippen molar-refractivity contribution in [3.8, 4) is 5.75 Å². The Kier molecular flexibility index (Phi) is 4.38. The first-order valence-corrected chi connectivity index (χ1v) is 8.31. The Balaban J connectivity index is 1.90. The Morgan fingerprint density at radius 1 is 1.33 bits per heavy atom. The number of nitrogens with two attached hydrogens (primary N) is 1. The predicted octanol–water partition coefficient (Wildman–Crippen LogP) is 2.23. The van der Waals surface area contributed by atoms with Crippen LogP contribution in [0, 0.1) is 0 Å². The summed E-state index contributed by atoms with van der Waals surface area (Å²) in [6, 6.07) is 6.28. The maximum Gasteiger partial charge on any atom is 0.349 e. The van der Waals surface area contributed by atoms with E-state index in [0.29, 0.717) is 16.7 Å². The number of ether oxygens (including phenoxy) is 1. The van der Waals surface area contributed by atoms with E-state index in [2.05, 4.69) is 5.32 Å². The summed E-state index contributed by atoms with van der Waals surface area (Å²) >= 11 is 1.49. The number of thioether (sulfide) groups is 1. The molecule has 3 rings (SSSR count). The van der Waals surface area contributed by atoms with E-state index in [9.17, 15) is 9.59 Å². The third-order valence-electron chi connectivity index (χ3n) is 4.14. The zero-order valence-electron chi connectivity index (χ0n) is 13.6. The number of allylic oxidation sites excluding steroid dienone is 1. The van der Waals surface area contributed by atoms with Crippen LogP contribution in [0.25, 0.3) is 11.0 Å². The highest BCUT2D eigenvalue weighted by Gasteiger charge is 2.30. The number of hydrogen-bond donors (Lipinski definition) is 2. The SMILES string of the molecule is COc1ccc2oc(=O)c(C(=O)NC3SC(C)=C(C)C3N)cc2c1. The Morgan fingerprint density at radius 2 is 2.08 bits per heavy atom. The van der Waals surface area contributed by atoms with Crippen LogP contribution in [-0.2, 0) is 0 Å². The zero-order chi connectivity index (χ0) is 17.4. The topological polar surface area (TPSA) is 94.6 Å². The summed E-state index contributed by atoms with van der Waals surface area (Å²) in [7, 11) is 1.55. The van der Waals surface area contributed by atoms with Crippen molar-refractivity contribution in [2.75, 3.05) is 7.11 Å². The number of rotatable bonds is 3. The summed E-state index contributed by atoms with van der Waals surface area (Å²) in [4.78, 5) is 25.7. The van der Waals surface area contributed by atoms with E-state index in [1.807, 2.05) is 13.8 Å². The van der Waals surface area contributed by atoms with Crippen LogP contribution in [0.15, 0.2) is 44.0 Å². The molecular formula is C17H18N2O4S. The fraction of sp³-hybridized carbons (Fsp3) is 0.294. The van der Waals surface area contributed by atoms with Gasteiger partial charge in [0.05, 0.1) is 18.5 Å². The lowest BCUT2D eigenvalue weighted by Gasteiger charge is -2.17. The van der Waals surface area contributed by atoms with E-state index in [4.69, 9.17) is 14.9 Å². The molecular weight excluding hydrogens is 328 g/mol. The van der Waals surface area contributed by atoms with Crippen molar-refractivity contribution < 1.29 is 13.9 Å². The van der Waals surface area contributed by atoms with Gasteiger partial charge < -0.3 is 20.2 Å². The molecule has 0 spiro atoms. The van der Waals surface area contributed by atoms with Crippen molar-refractivity contribution in [3.63, 3.8) is 0 Å². The molecule has 7 heteroatoms. The number of carbonyl (C=O) groups excluding carboxylic acids is 1. The number of amides is 1. The Hall–Kier alpha value is -2.25. The average Bonchev–Trinajstić information content (AvgIpc) is 2.80. The lowest BCUT2D eigenvalue weighted by atomic mass is 10.1. The lowest BCUT2D eigenvalue weighted by Crippen LogP contribution is -2.44. The summed E-state index contributed by atoms with van der Waals surface area (Å²) in [5, 5.41) is 3.13. The molecule has 2 aromatic rings. The van der Waals surface area contributed by atoms with Crippen molar-refractivity contribution in [1.29, 1.82) is 0 Å². The minimum absolute atomic E-state index is 0.0502. The quantitative estimate of drug-likeness (QED) is 0.828. The molecule has 1 amide bonds. The standard InChI is InChI=1S/C17H18N2O4S/c1-8-9(2)24-16(14(8)18)19-15(20)12-7-10-6-11(22-3)4-5-13(10)23-17(12)21/h4-7,14,16H,18H2,1-3H3,(H,19,20). The number of nitrogens with one attached hydrogen (secondary N) is 1. The van der Waals surface area contributed by atoms with Gasteiger partial charge in [-0.3, -0.25) is 4.79 Å². The molecule has 3 N–H and O–H groups in total. The molecule has 0 saturated carbocycles. The molecule has 1 aliphatic heterocycles. The third kappa shape index (κ3) is 2.92. The highest BCUT2D eigenvalue weighted by atomic mass is 32.2. The summed E-state index contributed by atoms with van der Waals surface area (Å²) in [6.45, 7) is 3.90. The maximum absolute atomic E-state index is 12.5. The molecule has 6 nitrogen and oxygen atoms in total. The molecule has 1 aliphatic rings. The van der Waals surface area contributed by atoms with E-state index in [0.717, 1.165) is 10.5 Å². The zero-order valence-corrected chi connectivity index (χ0v) is 14.4. The number of fused-ring (bicyclic) bond motifs is 1. The molecule has 2 unspecified atom stereocenters. The first kappa shape index (κ1) is 16.6. The molecule has 126 valence electrons. The average molecular weight is 346 g/mol. The second kappa shape index (κ2) is 6.33. The largest absolute Gasteiger partial charge is 0.497 e. The Bertz CT molecular complexity index is 903. The molecule has 2 atom stereocenters. The first-order valence-electron chi connectivity index (χ1n) is 7.43. The van der Waals surface area contributed by atoms with Gasteiger partial charge in [0.2, 0.25) is 0 Å². The smallest absolute Gasteiger partial charge is 0.349 e. The Morgan fingerprint density at radius 3 is 2.71 bits per heavy atom. The van der Waals surface area contributed by atoms with Crippen molar-refractivity contribution in [1.82, 2.24) is 5.32 Å². The van der Waals surface area contributed by atoms with E-state index < -0.39 is 11.5 Å². The van der Waals surface area contributed by atoms with Gasteiger partial charge in [0, 0.05) is 5.39 Å². The van der Waals surface area contributed by atoms with Gasteiger partial charge in [-0.2, -0.15) is 0 Å². The van der Waals surface area contributed by atoms with Crippen LogP contribution < -0.4 is 21.4 Å². The first-order chi connectivity index (χ1) is 11.4. The van der Waals surface area contributed by atoms with E-state index in [-0.39, 0.29) is 17.0 Å². The van der Waals surface area contributed by atoms with Crippen LogP contribution in [-0.4, -0.2) is 24.4 Å². The molecule has 2 heterocycles. The van der Waals surface area contributed by atoms with Crippen LogP contribution in [0.3, 0.4) is 0 Å². The van der Waals surface area contributed by atoms with Gasteiger partial charge in [-0.15, -0.1) is 11.8 Å². The molecule has 0 bridgehead atoms. The Labute approximate surface area is 143 Å². The van der Waals surface area contributed by atoms with E-state index in [1.165, 1.54) is 17.8 Å². The van der Waals surface area contributed by atoms with Crippen LogP contribution in [0.4, 0.5) is 0 Å². The lowest BCUT2D eigenvalue weighted by molar-refractivity contribution is 0.0944. The summed E-state index contributed by atoms with van der Waals surface area (Å²) in [5.41, 5.74) is 6.81. The molecule has 0 saturated heterocycles. The summed E-state index contributed by atoms with van der Waals surface area (Å²) in [6.07, 6.45) is 0. The molecule has 1 aromatic heterocycles. The van der Waals surface area contributed by atoms with Crippen LogP contribution in [0.5, 0.6) is 5.75 Å². The van der Waals surface area contributed by atoms with Gasteiger partial charge in [0.15, 0.2) is 0 Å². The predicted molar refractivity (Wildman–Crippen MR) is 94.2 cm³/mol. The molecule has 0 aliphatic carbocycles. The van der Waals surface area contributed by atoms with Gasteiger partial charge in [-0.25, -0.2) is 4.79 Å². The van der Waals surface area contributed by atoms with Crippen molar-refractivity contribution in [2.24, 2.45) is 5.73 Å². The second-order valence-electron chi connectivity index (χ2n) is 5.63. The van der Waals surface area contributed by atoms with Gasteiger partial charge >= 0.3 is 5.63 Å². The highest BCUT2D eigenvalue weighted by Crippen LogP contribution is 2.34. The highest BCUT2D eigenvalue weighted by molar-refractivity contribution is 8.04. The van der Waals surface area contributed by atoms with E-state index in [1.54, 1.807) is 25.3 Å². The third-order valence-corrected chi connectivity index (χ3v) is 5.48. The minimum atomic E-state index is -0.678. The van der Waals surface area contributed by atoms with Gasteiger partial charge in [0.1, 0.15) is 16.9 Å². The van der Waals surface area contributed by atoms with Crippen LogP contribution in [0.1, 0.15) is 24.2 Å². The van der Waals surface area contributed by atoms with Gasteiger partial charge in [-0.05, 0) is 48.6 Å². The number of hydrogen-bond acceptors (Lipinski definition) is 6. The number of methoxy groups -OCH3 is 1. The van der Waals surface area contributed by atoms with Gasteiger partial charge in [0.25, 0.3) is 5.91 Å². The minimum Gasteiger partial charge on any atom is -0.497 e. The van der Waals surface area contributed by atoms with Crippen molar-refractivity contribution >= 4 is 28.6 Å². The second-order valence-corrected chi connectivity index (χ2v) is 6.98. The van der Waals surface area contributed by atoms with Crippen molar-refractivity contribution in [3.05, 3.63) is 50.7 Å². The number of carbonyl (C=O) groups is 1. The summed E-state index contributed by atoms with van der Waals surface area (Å²) in [5.74, 6) is 0.121. The maximum atomic E-state index is 12.5. The molecule has 0 radical (unpaired) electrons. The van der Waals surface area contributed by atoms with Crippen LogP contribution in [0.2, 0.25) is 0 Å².